The van der Waals surface area contributed by atoms with Gasteiger partial charge in [-0.05, 0) is 37.1 Å². The molecule has 6 nitrogen and oxygen atoms in total. The van der Waals surface area contributed by atoms with Crippen molar-refractivity contribution in [2.24, 2.45) is 0 Å². The summed E-state index contributed by atoms with van der Waals surface area (Å²) in [5.74, 6) is -0.943. The van der Waals surface area contributed by atoms with Gasteiger partial charge < -0.3 is 10.1 Å². The maximum atomic E-state index is 12.2. The van der Waals surface area contributed by atoms with Crippen molar-refractivity contribution in [3.8, 4) is 5.75 Å². The molecule has 10 heteroatoms. The fraction of sp³-hybridized carbons (Fsp3) is 0.462. The van der Waals surface area contributed by atoms with Gasteiger partial charge in [-0.15, -0.1) is 13.2 Å². The van der Waals surface area contributed by atoms with Gasteiger partial charge in [-0.2, -0.15) is 4.31 Å². The van der Waals surface area contributed by atoms with Crippen LogP contribution in [0.3, 0.4) is 0 Å². The molecule has 128 valence electrons. The van der Waals surface area contributed by atoms with E-state index in [9.17, 15) is 26.4 Å². The van der Waals surface area contributed by atoms with Gasteiger partial charge >= 0.3 is 6.36 Å². The molecule has 0 spiro atoms. The molecule has 1 amide bonds. The predicted molar refractivity (Wildman–Crippen MR) is 74.1 cm³/mol. The topological polar surface area (TPSA) is 75.7 Å². The number of benzene rings is 1. The van der Waals surface area contributed by atoms with Crippen LogP contribution in [-0.4, -0.2) is 44.6 Å². The van der Waals surface area contributed by atoms with Crippen molar-refractivity contribution in [2.45, 2.75) is 30.1 Å². The second-order valence-corrected chi connectivity index (χ2v) is 7.17. The number of hydrogen-bond donors (Lipinski definition) is 1. The molecule has 1 aromatic rings. The lowest BCUT2D eigenvalue weighted by molar-refractivity contribution is -0.274. The molecule has 0 atom stereocenters. The Morgan fingerprint density at radius 3 is 2.35 bits per heavy atom. The first-order valence-corrected chi connectivity index (χ1v) is 8.13. The van der Waals surface area contributed by atoms with E-state index in [-0.39, 0.29) is 17.5 Å². The first kappa shape index (κ1) is 17.5. The zero-order valence-electron chi connectivity index (χ0n) is 12.1. The molecule has 1 aliphatic carbocycles. The summed E-state index contributed by atoms with van der Waals surface area (Å²) in [6.07, 6.45) is -3.09. The number of likely N-dealkylation sites (N-methyl/N-ethyl adjacent to an activating group) is 1. The lowest BCUT2D eigenvalue weighted by Gasteiger charge is -2.17. The Hall–Kier alpha value is -1.81. The average Bonchev–Trinajstić information content (AvgIpc) is 3.21. The average molecular weight is 352 g/mol. The second-order valence-electron chi connectivity index (χ2n) is 5.12. The van der Waals surface area contributed by atoms with Crippen molar-refractivity contribution in [3.05, 3.63) is 24.3 Å². The molecule has 0 aliphatic heterocycles. The Kier molecular flexibility index (Phi) is 4.85. The fourth-order valence-electron chi connectivity index (χ4n) is 1.78. The molecule has 1 aromatic carbocycles. The highest BCUT2D eigenvalue weighted by molar-refractivity contribution is 7.89. The van der Waals surface area contributed by atoms with E-state index in [0.29, 0.717) is 0 Å². The number of amides is 1. The molecule has 2 rings (SSSR count). The van der Waals surface area contributed by atoms with E-state index in [1.54, 1.807) is 0 Å². The number of alkyl halides is 3. The van der Waals surface area contributed by atoms with Gasteiger partial charge in [0.2, 0.25) is 15.9 Å². The Morgan fingerprint density at radius 2 is 1.87 bits per heavy atom. The first-order valence-electron chi connectivity index (χ1n) is 6.69. The molecule has 0 heterocycles. The Morgan fingerprint density at radius 1 is 1.30 bits per heavy atom. The molecule has 1 N–H and O–H groups in total. The summed E-state index contributed by atoms with van der Waals surface area (Å²) < 4.78 is 65.2. The van der Waals surface area contributed by atoms with Crippen LogP contribution in [0.2, 0.25) is 0 Å². The zero-order valence-corrected chi connectivity index (χ0v) is 12.9. The number of rotatable bonds is 6. The van der Waals surface area contributed by atoms with E-state index in [4.69, 9.17) is 0 Å². The number of hydrogen-bond acceptors (Lipinski definition) is 4. The minimum Gasteiger partial charge on any atom is -0.406 e. The molecular weight excluding hydrogens is 337 g/mol. The molecule has 1 saturated carbocycles. The minimum absolute atomic E-state index is 0.109. The third kappa shape index (κ3) is 5.10. The van der Waals surface area contributed by atoms with Crippen molar-refractivity contribution >= 4 is 15.9 Å². The van der Waals surface area contributed by atoms with E-state index in [2.05, 4.69) is 10.1 Å². The van der Waals surface area contributed by atoms with E-state index in [0.717, 1.165) is 41.4 Å². The maximum Gasteiger partial charge on any atom is 0.573 e. The number of halogens is 3. The Labute approximate surface area is 131 Å². The number of nitrogens with one attached hydrogen (secondary N) is 1. The van der Waals surface area contributed by atoms with Gasteiger partial charge in [-0.1, -0.05) is 0 Å². The van der Waals surface area contributed by atoms with Crippen LogP contribution < -0.4 is 10.1 Å². The molecule has 0 saturated heterocycles. The Balaban J connectivity index is 2.04. The number of ether oxygens (including phenoxy) is 1. The number of carbonyl (C=O) groups excluding carboxylic acids is 1. The molecule has 0 aromatic heterocycles. The van der Waals surface area contributed by atoms with E-state index in [1.165, 1.54) is 7.05 Å². The highest BCUT2D eigenvalue weighted by Crippen LogP contribution is 2.25. The molecule has 1 aliphatic rings. The number of carbonyl (C=O) groups is 1. The number of sulfonamides is 1. The monoisotopic (exact) mass is 352 g/mol. The van der Waals surface area contributed by atoms with Crippen LogP contribution in [0.15, 0.2) is 29.2 Å². The standard InChI is InChI=1S/C13H15F3N2O4S/c1-18(8-12(19)17-9-2-3-9)23(20,21)11-6-4-10(5-7-11)22-13(14,15)16/h4-7,9H,2-3,8H2,1H3,(H,17,19). The van der Waals surface area contributed by atoms with Crippen LogP contribution in [0.1, 0.15) is 12.8 Å². The first-order chi connectivity index (χ1) is 10.6. The number of nitrogens with zero attached hydrogens (tertiary/aromatic N) is 1. The summed E-state index contributed by atoms with van der Waals surface area (Å²) in [5, 5.41) is 2.65. The van der Waals surface area contributed by atoms with Gasteiger partial charge in [0.1, 0.15) is 5.75 Å². The van der Waals surface area contributed by atoms with Crippen LogP contribution in [-0.2, 0) is 14.8 Å². The predicted octanol–water partition coefficient (Wildman–Crippen LogP) is 1.48. The highest BCUT2D eigenvalue weighted by atomic mass is 32.2. The molecule has 0 bridgehead atoms. The quantitative estimate of drug-likeness (QED) is 0.842. The molecular formula is C13H15F3N2O4S. The van der Waals surface area contributed by atoms with Crippen molar-refractivity contribution in [3.63, 3.8) is 0 Å². The summed E-state index contributed by atoms with van der Waals surface area (Å²) in [6, 6.07) is 3.89. The van der Waals surface area contributed by atoms with Gasteiger partial charge in [0, 0.05) is 13.1 Å². The second kappa shape index (κ2) is 6.36. The van der Waals surface area contributed by atoms with Crippen LogP contribution in [0, 0.1) is 0 Å². The van der Waals surface area contributed by atoms with Gasteiger partial charge in [-0.3, -0.25) is 4.79 Å². The van der Waals surface area contributed by atoms with Crippen LogP contribution in [0.25, 0.3) is 0 Å². The van der Waals surface area contributed by atoms with Crippen molar-refractivity contribution in [1.82, 2.24) is 9.62 Å². The van der Waals surface area contributed by atoms with Gasteiger partial charge in [0.05, 0.1) is 11.4 Å². The third-order valence-electron chi connectivity index (χ3n) is 3.07. The normalized spacial score (nSPS) is 15.5. The summed E-state index contributed by atoms with van der Waals surface area (Å²) in [6.45, 7) is -0.361. The van der Waals surface area contributed by atoms with Gasteiger partial charge in [0.15, 0.2) is 0 Å². The molecule has 23 heavy (non-hydrogen) atoms. The van der Waals surface area contributed by atoms with Crippen LogP contribution >= 0.6 is 0 Å². The van der Waals surface area contributed by atoms with Gasteiger partial charge in [-0.25, -0.2) is 8.42 Å². The lowest BCUT2D eigenvalue weighted by Crippen LogP contribution is -2.39. The fourth-order valence-corrected chi connectivity index (χ4v) is 2.91. The maximum absolute atomic E-state index is 12.2. The van der Waals surface area contributed by atoms with Crippen molar-refractivity contribution < 1.29 is 31.1 Å². The van der Waals surface area contributed by atoms with E-state index < -0.39 is 28.0 Å². The molecule has 0 unspecified atom stereocenters. The molecule has 0 radical (unpaired) electrons. The molecule has 1 fully saturated rings. The van der Waals surface area contributed by atoms with E-state index >= 15 is 0 Å². The van der Waals surface area contributed by atoms with Crippen molar-refractivity contribution in [2.75, 3.05) is 13.6 Å². The third-order valence-corrected chi connectivity index (χ3v) is 4.89. The van der Waals surface area contributed by atoms with Crippen LogP contribution in [0.4, 0.5) is 13.2 Å². The summed E-state index contributed by atoms with van der Waals surface area (Å²) in [5.41, 5.74) is 0. The SMILES string of the molecule is CN(CC(=O)NC1CC1)S(=O)(=O)c1ccc(OC(F)(F)F)cc1. The lowest BCUT2D eigenvalue weighted by atomic mass is 10.3. The largest absolute Gasteiger partial charge is 0.573 e. The summed E-state index contributed by atoms with van der Waals surface area (Å²) in [4.78, 5) is 11.4. The van der Waals surface area contributed by atoms with Crippen molar-refractivity contribution in [1.29, 1.82) is 0 Å². The summed E-state index contributed by atoms with van der Waals surface area (Å²) >= 11 is 0. The zero-order chi connectivity index (χ0) is 17.3. The highest BCUT2D eigenvalue weighted by Gasteiger charge is 2.31. The Bertz CT molecular complexity index is 669. The smallest absolute Gasteiger partial charge is 0.406 e. The summed E-state index contributed by atoms with van der Waals surface area (Å²) in [7, 11) is -2.75. The van der Waals surface area contributed by atoms with E-state index in [1.807, 2.05) is 0 Å². The van der Waals surface area contributed by atoms with Gasteiger partial charge in [0.25, 0.3) is 0 Å². The minimum atomic E-state index is -4.85. The van der Waals surface area contributed by atoms with Crippen LogP contribution in [0.5, 0.6) is 5.75 Å².